The van der Waals surface area contributed by atoms with E-state index in [-0.39, 0.29) is 25.0 Å². The van der Waals surface area contributed by atoms with Crippen molar-refractivity contribution in [1.82, 2.24) is 0 Å². The molecule has 1 aliphatic rings. The number of carbonyl (C=O) groups excluding carboxylic acids is 3. The van der Waals surface area contributed by atoms with Crippen LogP contribution in [-0.2, 0) is 23.9 Å². The molecule has 0 aliphatic heterocycles. The summed E-state index contributed by atoms with van der Waals surface area (Å²) in [4.78, 5) is 35.7. The molecule has 5 heteroatoms. The van der Waals surface area contributed by atoms with Crippen LogP contribution in [0, 0.1) is 23.7 Å². The normalized spacial score (nSPS) is 25.7. The standard InChI is InChI=1S/C14H18O5/c1-4-5-8-14(13(17)19-3)10(6-7-11(14)15)9-12(16)18-2/h1,10H,5-9H2,2-3H3. The van der Waals surface area contributed by atoms with Crippen LogP contribution in [-0.4, -0.2) is 31.9 Å². The van der Waals surface area contributed by atoms with E-state index in [1.807, 2.05) is 0 Å². The van der Waals surface area contributed by atoms with E-state index in [9.17, 15) is 14.4 Å². The molecular formula is C14H18O5. The molecule has 1 fully saturated rings. The maximum atomic E-state index is 12.2. The molecule has 0 bridgehead atoms. The zero-order chi connectivity index (χ0) is 14.5. The molecule has 2 unspecified atom stereocenters. The average Bonchev–Trinajstić information content (AvgIpc) is 2.73. The lowest BCUT2D eigenvalue weighted by Crippen LogP contribution is -2.42. The predicted octanol–water partition coefficient (Wildman–Crippen LogP) is 1.10. The molecule has 5 nitrogen and oxygen atoms in total. The van der Waals surface area contributed by atoms with Crippen molar-refractivity contribution >= 4 is 17.7 Å². The monoisotopic (exact) mass is 266 g/mol. The molecule has 0 N–H and O–H groups in total. The highest BCUT2D eigenvalue weighted by atomic mass is 16.5. The van der Waals surface area contributed by atoms with Crippen LogP contribution in [0.2, 0.25) is 0 Å². The van der Waals surface area contributed by atoms with E-state index in [0.29, 0.717) is 12.8 Å². The van der Waals surface area contributed by atoms with Crippen molar-refractivity contribution in [3.63, 3.8) is 0 Å². The van der Waals surface area contributed by atoms with Crippen LogP contribution in [0.1, 0.15) is 32.1 Å². The molecule has 19 heavy (non-hydrogen) atoms. The number of ketones is 1. The lowest BCUT2D eigenvalue weighted by Gasteiger charge is -2.30. The Morgan fingerprint density at radius 1 is 1.42 bits per heavy atom. The van der Waals surface area contributed by atoms with Gasteiger partial charge in [-0.15, -0.1) is 12.3 Å². The second-order valence-electron chi connectivity index (χ2n) is 4.61. The zero-order valence-electron chi connectivity index (χ0n) is 11.2. The molecule has 0 aromatic rings. The summed E-state index contributed by atoms with van der Waals surface area (Å²) in [5.41, 5.74) is -1.28. The maximum Gasteiger partial charge on any atom is 0.319 e. The molecule has 104 valence electrons. The van der Waals surface area contributed by atoms with Crippen LogP contribution in [0.15, 0.2) is 0 Å². The first kappa shape index (κ1) is 15.2. The highest BCUT2D eigenvalue weighted by molar-refractivity contribution is 6.06. The Labute approximate surface area is 112 Å². The molecule has 1 rings (SSSR count). The van der Waals surface area contributed by atoms with E-state index in [2.05, 4.69) is 10.7 Å². The van der Waals surface area contributed by atoms with Crippen molar-refractivity contribution in [2.24, 2.45) is 11.3 Å². The number of rotatable bonds is 5. The molecule has 0 saturated heterocycles. The molecule has 2 atom stereocenters. The highest BCUT2D eigenvalue weighted by Crippen LogP contribution is 2.47. The molecular weight excluding hydrogens is 248 g/mol. The fourth-order valence-electron chi connectivity index (χ4n) is 2.74. The van der Waals surface area contributed by atoms with Crippen LogP contribution >= 0.6 is 0 Å². The third-order valence-corrected chi connectivity index (χ3v) is 3.77. The van der Waals surface area contributed by atoms with Gasteiger partial charge >= 0.3 is 11.9 Å². The fraction of sp³-hybridized carbons (Fsp3) is 0.643. The van der Waals surface area contributed by atoms with Crippen LogP contribution in [0.5, 0.6) is 0 Å². The second kappa shape index (κ2) is 6.37. The van der Waals surface area contributed by atoms with Crippen LogP contribution in [0.25, 0.3) is 0 Å². The Hall–Kier alpha value is -1.83. The van der Waals surface area contributed by atoms with Crippen molar-refractivity contribution in [2.75, 3.05) is 14.2 Å². The SMILES string of the molecule is C#CCCC1(C(=O)OC)C(=O)CCC1CC(=O)OC. The molecule has 1 aliphatic carbocycles. The van der Waals surface area contributed by atoms with Gasteiger partial charge < -0.3 is 9.47 Å². The number of ether oxygens (including phenoxy) is 2. The molecule has 1 saturated carbocycles. The lowest BCUT2D eigenvalue weighted by molar-refractivity contribution is -0.161. The minimum Gasteiger partial charge on any atom is -0.469 e. The third-order valence-electron chi connectivity index (χ3n) is 3.77. The lowest BCUT2D eigenvalue weighted by atomic mass is 9.72. The maximum absolute atomic E-state index is 12.2. The molecule has 0 spiro atoms. The molecule has 0 radical (unpaired) electrons. The first-order valence-electron chi connectivity index (χ1n) is 6.15. The van der Waals surface area contributed by atoms with E-state index in [1.165, 1.54) is 14.2 Å². The number of esters is 2. The first-order valence-corrected chi connectivity index (χ1v) is 6.15. The number of hydrogen-bond acceptors (Lipinski definition) is 5. The van der Waals surface area contributed by atoms with Crippen LogP contribution in [0.3, 0.4) is 0 Å². The van der Waals surface area contributed by atoms with Crippen molar-refractivity contribution in [3.05, 3.63) is 0 Å². The van der Waals surface area contributed by atoms with Crippen molar-refractivity contribution in [1.29, 1.82) is 0 Å². The summed E-state index contributed by atoms with van der Waals surface area (Å²) in [5.74, 6) is 0.810. The Bertz CT molecular complexity index is 420. The summed E-state index contributed by atoms with van der Waals surface area (Å²) in [6.07, 6.45) is 6.50. The summed E-state index contributed by atoms with van der Waals surface area (Å²) < 4.78 is 9.39. The average molecular weight is 266 g/mol. The van der Waals surface area contributed by atoms with Gasteiger partial charge in [0.05, 0.1) is 14.2 Å². The van der Waals surface area contributed by atoms with Crippen LogP contribution < -0.4 is 0 Å². The number of carbonyl (C=O) groups is 3. The van der Waals surface area contributed by atoms with Crippen molar-refractivity contribution in [3.8, 4) is 12.3 Å². The van der Waals surface area contributed by atoms with Gasteiger partial charge in [0.1, 0.15) is 5.41 Å². The van der Waals surface area contributed by atoms with E-state index >= 15 is 0 Å². The van der Waals surface area contributed by atoms with Gasteiger partial charge in [-0.25, -0.2) is 0 Å². The highest BCUT2D eigenvalue weighted by Gasteiger charge is 2.56. The van der Waals surface area contributed by atoms with E-state index in [4.69, 9.17) is 11.2 Å². The topological polar surface area (TPSA) is 69.7 Å². The zero-order valence-corrected chi connectivity index (χ0v) is 11.2. The van der Waals surface area contributed by atoms with E-state index in [1.54, 1.807) is 0 Å². The van der Waals surface area contributed by atoms with E-state index in [0.717, 1.165) is 0 Å². The van der Waals surface area contributed by atoms with Gasteiger partial charge in [-0.3, -0.25) is 14.4 Å². The predicted molar refractivity (Wildman–Crippen MR) is 66.9 cm³/mol. The van der Waals surface area contributed by atoms with Gasteiger partial charge in [-0.05, 0) is 18.8 Å². The van der Waals surface area contributed by atoms with Gasteiger partial charge in [0, 0.05) is 19.3 Å². The summed E-state index contributed by atoms with van der Waals surface area (Å²) in [6, 6.07) is 0. The number of terminal acetylenes is 1. The number of hydrogen-bond donors (Lipinski definition) is 0. The Balaban J connectivity index is 3.06. The van der Waals surface area contributed by atoms with Crippen molar-refractivity contribution < 1.29 is 23.9 Å². The largest absolute Gasteiger partial charge is 0.469 e. The number of Topliss-reactive ketones (excluding diaryl/α,β-unsaturated/α-hetero) is 1. The molecule has 0 amide bonds. The third kappa shape index (κ3) is 2.78. The Morgan fingerprint density at radius 2 is 2.11 bits per heavy atom. The minimum absolute atomic E-state index is 0.0297. The van der Waals surface area contributed by atoms with Gasteiger partial charge in [0.2, 0.25) is 0 Å². The fourth-order valence-corrected chi connectivity index (χ4v) is 2.74. The van der Waals surface area contributed by atoms with Gasteiger partial charge in [0.15, 0.2) is 5.78 Å². The molecule has 0 aromatic carbocycles. The van der Waals surface area contributed by atoms with Crippen LogP contribution in [0.4, 0.5) is 0 Å². The first-order chi connectivity index (χ1) is 9.02. The molecule has 0 heterocycles. The number of methoxy groups -OCH3 is 2. The second-order valence-corrected chi connectivity index (χ2v) is 4.61. The summed E-state index contributed by atoms with van der Waals surface area (Å²) >= 11 is 0. The Kier molecular flexibility index (Phi) is 5.11. The van der Waals surface area contributed by atoms with Gasteiger partial charge in [-0.1, -0.05) is 0 Å². The summed E-state index contributed by atoms with van der Waals surface area (Å²) in [6.45, 7) is 0. The van der Waals surface area contributed by atoms with Gasteiger partial charge in [-0.2, -0.15) is 0 Å². The Morgan fingerprint density at radius 3 is 2.63 bits per heavy atom. The van der Waals surface area contributed by atoms with Gasteiger partial charge in [0.25, 0.3) is 0 Å². The summed E-state index contributed by atoms with van der Waals surface area (Å²) in [5, 5.41) is 0. The molecule has 0 aromatic heterocycles. The summed E-state index contributed by atoms with van der Waals surface area (Å²) in [7, 11) is 2.52. The quantitative estimate of drug-likeness (QED) is 0.423. The minimum atomic E-state index is -1.28. The van der Waals surface area contributed by atoms with Crippen molar-refractivity contribution in [2.45, 2.75) is 32.1 Å². The smallest absolute Gasteiger partial charge is 0.319 e. The van der Waals surface area contributed by atoms with E-state index < -0.39 is 23.3 Å².